The van der Waals surface area contributed by atoms with Gasteiger partial charge in [-0.1, -0.05) is 12.1 Å². The number of amides is 3. The minimum Gasteiger partial charge on any atom is -0.508 e. The monoisotopic (exact) mass is 335 g/mol. The molecule has 130 valence electrons. The Labute approximate surface area is 139 Å². The number of aldehydes is 1. The number of carbonyl (C=O) groups excluding carboxylic acids is 4. The first-order chi connectivity index (χ1) is 11.3. The quantitative estimate of drug-likeness (QED) is 0.545. The standard InChI is InChI=1S/C16H21N3O5/c1-10(21)19(12(9-20)4-7-15(18)23)16(24)14(17)8-11-2-5-13(22)6-3-11/h2-3,5-6,9,12,14,22H,4,7-8,17H2,1H3,(H2,18,23)/t12-,14-/m0/s1. The summed E-state index contributed by atoms with van der Waals surface area (Å²) in [6.45, 7) is 1.14. The predicted octanol–water partition coefficient (Wildman–Crippen LogP) is -0.530. The molecule has 0 spiro atoms. The van der Waals surface area contributed by atoms with Crippen molar-refractivity contribution < 1.29 is 24.3 Å². The second kappa shape index (κ2) is 8.78. The Morgan fingerprint density at radius 2 is 1.83 bits per heavy atom. The van der Waals surface area contributed by atoms with Gasteiger partial charge in [-0.05, 0) is 30.5 Å². The highest BCUT2D eigenvalue weighted by Crippen LogP contribution is 2.13. The van der Waals surface area contributed by atoms with E-state index >= 15 is 0 Å². The van der Waals surface area contributed by atoms with E-state index in [1.807, 2.05) is 0 Å². The van der Waals surface area contributed by atoms with Crippen LogP contribution in [0.15, 0.2) is 24.3 Å². The van der Waals surface area contributed by atoms with E-state index in [0.29, 0.717) is 11.8 Å². The molecule has 0 saturated heterocycles. The minimum atomic E-state index is -1.09. The molecule has 5 N–H and O–H groups in total. The molecule has 2 atom stereocenters. The van der Waals surface area contributed by atoms with Crippen molar-refractivity contribution in [2.75, 3.05) is 0 Å². The molecule has 1 aromatic rings. The van der Waals surface area contributed by atoms with Gasteiger partial charge < -0.3 is 21.4 Å². The zero-order chi connectivity index (χ0) is 18.3. The van der Waals surface area contributed by atoms with E-state index in [-0.39, 0.29) is 25.0 Å². The van der Waals surface area contributed by atoms with Crippen LogP contribution in [0.3, 0.4) is 0 Å². The summed E-state index contributed by atoms with van der Waals surface area (Å²) in [7, 11) is 0. The highest BCUT2D eigenvalue weighted by atomic mass is 16.3. The van der Waals surface area contributed by atoms with E-state index in [9.17, 15) is 24.3 Å². The van der Waals surface area contributed by atoms with Gasteiger partial charge in [-0.3, -0.25) is 19.3 Å². The van der Waals surface area contributed by atoms with Gasteiger partial charge in [0, 0.05) is 13.3 Å². The SMILES string of the molecule is CC(=O)N(C(=O)[C@@H](N)Cc1ccc(O)cc1)[C@H](C=O)CCC(N)=O. The van der Waals surface area contributed by atoms with Crippen molar-refractivity contribution in [2.24, 2.45) is 11.5 Å². The van der Waals surface area contributed by atoms with Gasteiger partial charge in [0.2, 0.25) is 17.7 Å². The molecule has 8 heteroatoms. The number of carbonyl (C=O) groups is 4. The Balaban J connectivity index is 2.87. The second-order valence-electron chi connectivity index (χ2n) is 5.41. The summed E-state index contributed by atoms with van der Waals surface area (Å²) in [6.07, 6.45) is 0.379. The van der Waals surface area contributed by atoms with E-state index in [1.165, 1.54) is 12.1 Å². The molecule has 0 aliphatic carbocycles. The van der Waals surface area contributed by atoms with Crippen LogP contribution >= 0.6 is 0 Å². The fourth-order valence-corrected chi connectivity index (χ4v) is 2.25. The Hall–Kier alpha value is -2.74. The van der Waals surface area contributed by atoms with Crippen LogP contribution in [-0.4, -0.2) is 46.1 Å². The van der Waals surface area contributed by atoms with Crippen molar-refractivity contribution in [3.8, 4) is 5.75 Å². The summed E-state index contributed by atoms with van der Waals surface area (Å²) >= 11 is 0. The van der Waals surface area contributed by atoms with E-state index in [1.54, 1.807) is 12.1 Å². The van der Waals surface area contributed by atoms with Gasteiger partial charge in [-0.2, -0.15) is 0 Å². The maximum absolute atomic E-state index is 12.5. The lowest BCUT2D eigenvalue weighted by Crippen LogP contribution is -2.52. The first-order valence-corrected chi connectivity index (χ1v) is 7.37. The molecule has 0 aliphatic heterocycles. The number of hydrogen-bond acceptors (Lipinski definition) is 6. The molecule has 8 nitrogen and oxygen atoms in total. The number of phenolic OH excluding ortho intramolecular Hbond substituents is 1. The van der Waals surface area contributed by atoms with Gasteiger partial charge in [0.1, 0.15) is 12.0 Å². The van der Waals surface area contributed by atoms with Crippen LogP contribution in [0.4, 0.5) is 0 Å². The molecule has 0 heterocycles. The Morgan fingerprint density at radius 1 is 1.25 bits per heavy atom. The summed E-state index contributed by atoms with van der Waals surface area (Å²) in [5.74, 6) is -1.90. The van der Waals surface area contributed by atoms with Crippen LogP contribution in [0.25, 0.3) is 0 Å². The molecule has 0 bridgehead atoms. The van der Waals surface area contributed by atoms with Gasteiger partial charge in [0.05, 0.1) is 12.1 Å². The van der Waals surface area contributed by atoms with Crippen LogP contribution in [-0.2, 0) is 25.6 Å². The van der Waals surface area contributed by atoms with Crippen LogP contribution in [0.1, 0.15) is 25.3 Å². The first kappa shape index (κ1) is 19.3. The third-order valence-corrected chi connectivity index (χ3v) is 3.46. The van der Waals surface area contributed by atoms with Crippen LogP contribution in [0, 0.1) is 0 Å². The lowest BCUT2D eigenvalue weighted by Gasteiger charge is -2.27. The molecule has 0 aliphatic rings. The molecule has 0 unspecified atom stereocenters. The lowest BCUT2D eigenvalue weighted by atomic mass is 10.0. The van der Waals surface area contributed by atoms with E-state index in [0.717, 1.165) is 11.8 Å². The molecule has 3 amide bonds. The second-order valence-corrected chi connectivity index (χ2v) is 5.41. The first-order valence-electron chi connectivity index (χ1n) is 7.37. The molecule has 1 aromatic carbocycles. The number of phenols is 1. The summed E-state index contributed by atoms with van der Waals surface area (Å²) < 4.78 is 0. The molecule has 0 saturated carbocycles. The van der Waals surface area contributed by atoms with Gasteiger partial charge >= 0.3 is 0 Å². The average Bonchev–Trinajstić information content (AvgIpc) is 2.52. The Morgan fingerprint density at radius 3 is 2.29 bits per heavy atom. The minimum absolute atomic E-state index is 0.0456. The number of imide groups is 1. The Bertz CT molecular complexity index is 615. The molecule has 0 aromatic heterocycles. The molecule has 24 heavy (non-hydrogen) atoms. The topological polar surface area (TPSA) is 144 Å². The van der Waals surface area contributed by atoms with E-state index in [4.69, 9.17) is 11.5 Å². The Kier molecular flexibility index (Phi) is 7.06. The normalized spacial score (nSPS) is 12.9. The number of rotatable bonds is 8. The fourth-order valence-electron chi connectivity index (χ4n) is 2.25. The van der Waals surface area contributed by atoms with Crippen molar-refractivity contribution >= 4 is 24.0 Å². The van der Waals surface area contributed by atoms with Gasteiger partial charge in [-0.15, -0.1) is 0 Å². The largest absolute Gasteiger partial charge is 0.508 e. The number of aromatic hydroxyl groups is 1. The summed E-state index contributed by atoms with van der Waals surface area (Å²) in [5, 5.41) is 9.24. The molecular formula is C16H21N3O5. The fraction of sp³-hybridized carbons (Fsp3) is 0.375. The molecular weight excluding hydrogens is 314 g/mol. The van der Waals surface area contributed by atoms with Crippen molar-refractivity contribution in [1.29, 1.82) is 0 Å². The van der Waals surface area contributed by atoms with Gasteiger partial charge in [0.25, 0.3) is 0 Å². The van der Waals surface area contributed by atoms with E-state index < -0.39 is 29.8 Å². The number of hydrogen-bond donors (Lipinski definition) is 3. The number of nitrogens with zero attached hydrogens (tertiary/aromatic N) is 1. The smallest absolute Gasteiger partial charge is 0.247 e. The molecule has 1 rings (SSSR count). The number of benzene rings is 1. The number of nitrogens with two attached hydrogens (primary N) is 2. The zero-order valence-electron chi connectivity index (χ0n) is 13.3. The summed E-state index contributed by atoms with van der Waals surface area (Å²) in [6, 6.07) is 3.98. The summed E-state index contributed by atoms with van der Waals surface area (Å²) in [5.41, 5.74) is 11.6. The number of primary amides is 1. The maximum Gasteiger partial charge on any atom is 0.247 e. The van der Waals surface area contributed by atoms with Crippen molar-refractivity contribution in [1.82, 2.24) is 4.90 Å². The van der Waals surface area contributed by atoms with Crippen LogP contribution in [0.5, 0.6) is 5.75 Å². The van der Waals surface area contributed by atoms with Gasteiger partial charge in [-0.25, -0.2) is 0 Å². The predicted molar refractivity (Wildman–Crippen MR) is 85.6 cm³/mol. The summed E-state index contributed by atoms with van der Waals surface area (Å²) in [4.78, 5) is 47.1. The van der Waals surface area contributed by atoms with Crippen LogP contribution < -0.4 is 11.5 Å². The van der Waals surface area contributed by atoms with Crippen LogP contribution in [0.2, 0.25) is 0 Å². The maximum atomic E-state index is 12.5. The van der Waals surface area contributed by atoms with E-state index in [2.05, 4.69) is 0 Å². The van der Waals surface area contributed by atoms with Crippen molar-refractivity contribution in [3.63, 3.8) is 0 Å². The molecule has 0 radical (unpaired) electrons. The van der Waals surface area contributed by atoms with Crippen molar-refractivity contribution in [3.05, 3.63) is 29.8 Å². The lowest BCUT2D eigenvalue weighted by molar-refractivity contribution is -0.149. The zero-order valence-corrected chi connectivity index (χ0v) is 13.3. The van der Waals surface area contributed by atoms with Crippen molar-refractivity contribution in [2.45, 2.75) is 38.3 Å². The molecule has 0 fully saturated rings. The third kappa shape index (κ3) is 5.47. The highest BCUT2D eigenvalue weighted by Gasteiger charge is 2.31. The highest BCUT2D eigenvalue weighted by molar-refractivity contribution is 5.99. The average molecular weight is 335 g/mol. The van der Waals surface area contributed by atoms with Gasteiger partial charge in [0.15, 0.2) is 0 Å². The third-order valence-electron chi connectivity index (χ3n) is 3.46.